The van der Waals surface area contributed by atoms with E-state index in [1.807, 2.05) is 6.92 Å². The van der Waals surface area contributed by atoms with Crippen LogP contribution in [-0.2, 0) is 10.0 Å². The summed E-state index contributed by atoms with van der Waals surface area (Å²) in [5.74, 6) is 0. The third-order valence-electron chi connectivity index (χ3n) is 3.00. The van der Waals surface area contributed by atoms with Crippen LogP contribution in [0.4, 0.5) is 0 Å². The van der Waals surface area contributed by atoms with E-state index in [1.165, 1.54) is 0 Å². The van der Waals surface area contributed by atoms with E-state index < -0.39 is 10.0 Å². The van der Waals surface area contributed by atoms with Gasteiger partial charge < -0.3 is 5.73 Å². The van der Waals surface area contributed by atoms with Crippen LogP contribution in [0, 0.1) is 6.92 Å². The fourth-order valence-electron chi connectivity index (χ4n) is 1.87. The van der Waals surface area contributed by atoms with Crippen molar-refractivity contribution in [3.8, 4) is 0 Å². The molecule has 0 heterocycles. The number of hydrogen-bond acceptors (Lipinski definition) is 3. The van der Waals surface area contributed by atoms with Crippen molar-refractivity contribution in [1.82, 2.24) is 4.72 Å². The number of sulfonamides is 1. The minimum Gasteiger partial charge on any atom is -0.328 e. The summed E-state index contributed by atoms with van der Waals surface area (Å²) in [5, 5.41) is 0. The van der Waals surface area contributed by atoms with Crippen molar-refractivity contribution in [3.63, 3.8) is 0 Å². The van der Waals surface area contributed by atoms with Crippen molar-refractivity contribution in [2.45, 2.75) is 36.7 Å². The van der Waals surface area contributed by atoms with Crippen molar-refractivity contribution in [3.05, 3.63) is 26.6 Å². The average Bonchev–Trinajstić information content (AvgIpc) is 2.20. The minimum absolute atomic E-state index is 0.0445. The first-order valence-electron chi connectivity index (χ1n) is 5.53. The summed E-state index contributed by atoms with van der Waals surface area (Å²) in [7, 11) is -3.50. The molecule has 2 rings (SSSR count). The molecule has 0 amide bonds. The summed E-state index contributed by atoms with van der Waals surface area (Å²) in [6.45, 7) is 1.91. The van der Waals surface area contributed by atoms with E-state index in [-0.39, 0.29) is 17.0 Å². The molecule has 4 nitrogen and oxygen atoms in total. The second-order valence-electron chi connectivity index (χ2n) is 4.58. The molecule has 1 aromatic rings. The van der Waals surface area contributed by atoms with Gasteiger partial charge in [-0.25, -0.2) is 13.1 Å². The smallest absolute Gasteiger partial charge is 0.241 e. The SMILES string of the molecule is Cc1cc(Br)c(S(=O)(=O)NC2CC(N)C2)cc1Br. The van der Waals surface area contributed by atoms with Gasteiger partial charge in [-0.3, -0.25) is 0 Å². The van der Waals surface area contributed by atoms with Crippen LogP contribution in [0.5, 0.6) is 0 Å². The molecule has 7 heteroatoms. The van der Waals surface area contributed by atoms with Crippen molar-refractivity contribution in [2.75, 3.05) is 0 Å². The maximum absolute atomic E-state index is 12.2. The van der Waals surface area contributed by atoms with E-state index in [2.05, 4.69) is 36.6 Å². The third kappa shape index (κ3) is 2.96. The Bertz CT molecular complexity index is 569. The zero-order chi connectivity index (χ0) is 13.5. The molecule has 0 aliphatic heterocycles. The minimum atomic E-state index is -3.50. The molecule has 100 valence electrons. The average molecular weight is 398 g/mol. The van der Waals surface area contributed by atoms with Crippen LogP contribution in [0.1, 0.15) is 18.4 Å². The predicted molar refractivity (Wildman–Crippen MR) is 77.9 cm³/mol. The Balaban J connectivity index is 2.27. The Hall–Kier alpha value is 0.0500. The molecule has 0 aromatic heterocycles. The molecule has 1 aliphatic carbocycles. The molecule has 0 unspecified atom stereocenters. The number of rotatable bonds is 3. The Morgan fingerprint density at radius 3 is 2.44 bits per heavy atom. The summed E-state index contributed by atoms with van der Waals surface area (Å²) in [6, 6.07) is 3.47. The molecular formula is C11H14Br2N2O2S. The molecule has 0 saturated heterocycles. The van der Waals surface area contributed by atoms with Gasteiger partial charge in [0.2, 0.25) is 10.0 Å². The van der Waals surface area contributed by atoms with E-state index in [1.54, 1.807) is 12.1 Å². The van der Waals surface area contributed by atoms with Gasteiger partial charge in [-0.2, -0.15) is 0 Å². The first kappa shape index (κ1) is 14.5. The van der Waals surface area contributed by atoms with Gasteiger partial charge in [-0.15, -0.1) is 0 Å². The van der Waals surface area contributed by atoms with Gasteiger partial charge >= 0.3 is 0 Å². The highest BCUT2D eigenvalue weighted by molar-refractivity contribution is 9.11. The fourth-order valence-corrected chi connectivity index (χ4v) is 4.81. The lowest BCUT2D eigenvalue weighted by Crippen LogP contribution is -2.50. The fraction of sp³-hybridized carbons (Fsp3) is 0.455. The largest absolute Gasteiger partial charge is 0.328 e. The number of nitrogens with one attached hydrogen (secondary N) is 1. The van der Waals surface area contributed by atoms with Crippen LogP contribution in [0.3, 0.4) is 0 Å². The van der Waals surface area contributed by atoms with Gasteiger partial charge in [0.1, 0.15) is 0 Å². The molecular weight excluding hydrogens is 384 g/mol. The van der Waals surface area contributed by atoms with Crippen LogP contribution < -0.4 is 10.5 Å². The molecule has 0 radical (unpaired) electrons. The monoisotopic (exact) mass is 396 g/mol. The lowest BCUT2D eigenvalue weighted by atomic mass is 9.89. The zero-order valence-electron chi connectivity index (χ0n) is 9.78. The Morgan fingerprint density at radius 1 is 1.28 bits per heavy atom. The van der Waals surface area contributed by atoms with Gasteiger partial charge in [0.15, 0.2) is 0 Å². The predicted octanol–water partition coefficient (Wildman–Crippen LogP) is 2.29. The van der Waals surface area contributed by atoms with Crippen molar-refractivity contribution < 1.29 is 8.42 Å². The molecule has 18 heavy (non-hydrogen) atoms. The topological polar surface area (TPSA) is 72.2 Å². The maximum Gasteiger partial charge on any atom is 0.241 e. The van der Waals surface area contributed by atoms with Gasteiger partial charge in [0.05, 0.1) is 4.90 Å². The summed E-state index contributed by atoms with van der Waals surface area (Å²) >= 11 is 6.64. The highest BCUT2D eigenvalue weighted by Crippen LogP contribution is 2.30. The number of hydrogen-bond donors (Lipinski definition) is 2. The van der Waals surface area contributed by atoms with E-state index in [0.717, 1.165) is 10.0 Å². The standard InChI is InChI=1S/C11H14Br2N2O2S/c1-6-2-10(13)11(5-9(6)12)18(16,17)15-8-3-7(14)4-8/h2,5,7-8,15H,3-4,14H2,1H3. The summed E-state index contributed by atoms with van der Waals surface area (Å²) < 4.78 is 28.5. The first-order chi connectivity index (χ1) is 8.29. The molecule has 1 saturated carbocycles. The Labute approximate surface area is 124 Å². The molecule has 1 aromatic carbocycles. The number of nitrogens with two attached hydrogens (primary N) is 1. The highest BCUT2D eigenvalue weighted by atomic mass is 79.9. The Kier molecular flexibility index (Phi) is 4.18. The van der Waals surface area contributed by atoms with E-state index >= 15 is 0 Å². The molecule has 1 aliphatic rings. The lowest BCUT2D eigenvalue weighted by Gasteiger charge is -2.32. The molecule has 1 fully saturated rings. The van der Waals surface area contributed by atoms with Crippen molar-refractivity contribution in [1.29, 1.82) is 0 Å². The van der Waals surface area contributed by atoms with Crippen LogP contribution >= 0.6 is 31.9 Å². The van der Waals surface area contributed by atoms with Crippen LogP contribution in [0.15, 0.2) is 26.0 Å². The zero-order valence-corrected chi connectivity index (χ0v) is 13.8. The number of benzene rings is 1. The Morgan fingerprint density at radius 2 is 1.89 bits per heavy atom. The van der Waals surface area contributed by atoms with Gasteiger partial charge in [0.25, 0.3) is 0 Å². The third-order valence-corrected chi connectivity index (χ3v) is 6.33. The van der Waals surface area contributed by atoms with E-state index in [9.17, 15) is 8.42 Å². The molecule has 0 spiro atoms. The quantitative estimate of drug-likeness (QED) is 0.821. The second-order valence-corrected chi connectivity index (χ2v) is 7.97. The van der Waals surface area contributed by atoms with Gasteiger partial charge in [-0.1, -0.05) is 15.9 Å². The summed E-state index contributed by atoms with van der Waals surface area (Å²) in [6.07, 6.45) is 1.40. The normalized spacial score (nSPS) is 23.8. The van der Waals surface area contributed by atoms with Crippen molar-refractivity contribution in [2.24, 2.45) is 5.73 Å². The van der Waals surface area contributed by atoms with Gasteiger partial charge in [0, 0.05) is 21.0 Å². The van der Waals surface area contributed by atoms with Gasteiger partial charge in [-0.05, 0) is 53.4 Å². The first-order valence-corrected chi connectivity index (χ1v) is 8.60. The number of aryl methyl sites for hydroxylation is 1. The van der Waals surface area contributed by atoms with E-state index in [4.69, 9.17) is 5.73 Å². The van der Waals surface area contributed by atoms with Crippen molar-refractivity contribution >= 4 is 41.9 Å². The molecule has 0 bridgehead atoms. The number of halogens is 2. The maximum atomic E-state index is 12.2. The van der Waals surface area contributed by atoms with E-state index in [0.29, 0.717) is 17.3 Å². The molecule has 3 N–H and O–H groups in total. The van der Waals surface area contributed by atoms with Crippen LogP contribution in [0.25, 0.3) is 0 Å². The highest BCUT2D eigenvalue weighted by Gasteiger charge is 2.31. The molecule has 0 atom stereocenters. The summed E-state index contributed by atoms with van der Waals surface area (Å²) in [4.78, 5) is 0.250. The lowest BCUT2D eigenvalue weighted by molar-refractivity contribution is 0.327. The van der Waals surface area contributed by atoms with Crippen LogP contribution in [0.2, 0.25) is 0 Å². The summed E-state index contributed by atoms with van der Waals surface area (Å²) in [5.41, 5.74) is 6.63. The second kappa shape index (κ2) is 5.20. The van der Waals surface area contributed by atoms with Crippen LogP contribution in [-0.4, -0.2) is 20.5 Å².